The van der Waals surface area contributed by atoms with E-state index in [4.69, 9.17) is 10.8 Å². The molecule has 82 valence electrons. The van der Waals surface area contributed by atoms with Crippen LogP contribution in [0.3, 0.4) is 0 Å². The van der Waals surface area contributed by atoms with Crippen LogP contribution >= 0.6 is 0 Å². The third kappa shape index (κ3) is 3.16. The molecule has 0 spiro atoms. The summed E-state index contributed by atoms with van der Waals surface area (Å²) in [5.74, 6) is -0.937. The fourth-order valence-corrected chi connectivity index (χ4v) is 1.24. The summed E-state index contributed by atoms with van der Waals surface area (Å²) in [6.45, 7) is 2.91. The molecule has 0 amide bonds. The number of rotatable bonds is 5. The van der Waals surface area contributed by atoms with Gasteiger partial charge in [0, 0.05) is 6.54 Å². The molecule has 0 heterocycles. The summed E-state index contributed by atoms with van der Waals surface area (Å²) >= 11 is 0. The van der Waals surface area contributed by atoms with E-state index in [1.54, 1.807) is 12.1 Å². The molecule has 1 aromatic carbocycles. The van der Waals surface area contributed by atoms with E-state index in [-0.39, 0.29) is 5.56 Å². The summed E-state index contributed by atoms with van der Waals surface area (Å²) in [7, 11) is 0. The van der Waals surface area contributed by atoms with E-state index in [2.05, 4.69) is 12.2 Å². The number of nitrogens with two attached hydrogens (primary N) is 1. The fourth-order valence-electron chi connectivity index (χ4n) is 1.24. The Hall–Kier alpha value is -1.71. The van der Waals surface area contributed by atoms with Crippen molar-refractivity contribution in [3.05, 3.63) is 23.8 Å². The maximum absolute atomic E-state index is 10.7. The number of carbonyl (C=O) groups is 1. The number of nitrogens with one attached hydrogen (secondary N) is 1. The van der Waals surface area contributed by atoms with E-state index in [1.165, 1.54) is 6.07 Å². The van der Waals surface area contributed by atoms with Gasteiger partial charge < -0.3 is 16.2 Å². The van der Waals surface area contributed by atoms with E-state index in [9.17, 15) is 4.79 Å². The average Bonchev–Trinajstić information content (AvgIpc) is 2.20. The highest BCUT2D eigenvalue weighted by molar-refractivity contribution is 5.90. The smallest absolute Gasteiger partial charge is 0.335 e. The summed E-state index contributed by atoms with van der Waals surface area (Å²) in [5, 5.41) is 11.9. The molecule has 0 aliphatic heterocycles. The van der Waals surface area contributed by atoms with E-state index in [0.717, 1.165) is 19.4 Å². The molecule has 0 saturated carbocycles. The highest BCUT2D eigenvalue weighted by Gasteiger charge is 2.05. The van der Waals surface area contributed by atoms with Crippen LogP contribution in [0.2, 0.25) is 0 Å². The van der Waals surface area contributed by atoms with E-state index >= 15 is 0 Å². The number of carboxylic acids is 1. The molecule has 1 aromatic rings. The standard InChI is InChI=1S/C11H16N2O2/c1-2-3-6-13-10-7-8(11(14)15)4-5-9(10)12/h4-5,7,13H,2-3,6,12H2,1H3,(H,14,15). The van der Waals surface area contributed by atoms with Gasteiger partial charge >= 0.3 is 5.97 Å². The number of benzene rings is 1. The molecule has 0 fully saturated rings. The Morgan fingerprint density at radius 2 is 2.27 bits per heavy atom. The molecule has 4 heteroatoms. The van der Waals surface area contributed by atoms with Crippen molar-refractivity contribution in [3.63, 3.8) is 0 Å². The molecule has 0 bridgehead atoms. The van der Waals surface area contributed by atoms with Crippen LogP contribution in [0.25, 0.3) is 0 Å². The molecule has 0 radical (unpaired) electrons. The summed E-state index contributed by atoms with van der Waals surface area (Å²) in [5.41, 5.74) is 7.25. The molecular formula is C11H16N2O2. The number of carboxylic acid groups (broad SMARTS) is 1. The van der Waals surface area contributed by atoms with Gasteiger partial charge in [-0.1, -0.05) is 13.3 Å². The van der Waals surface area contributed by atoms with E-state index < -0.39 is 5.97 Å². The number of hydrogen-bond donors (Lipinski definition) is 3. The number of hydrogen-bond acceptors (Lipinski definition) is 3. The van der Waals surface area contributed by atoms with Crippen LogP contribution < -0.4 is 11.1 Å². The largest absolute Gasteiger partial charge is 0.478 e. The molecule has 0 atom stereocenters. The van der Waals surface area contributed by atoms with Crippen molar-refractivity contribution < 1.29 is 9.90 Å². The third-order valence-corrected chi connectivity index (χ3v) is 2.15. The first kappa shape index (κ1) is 11.4. The lowest BCUT2D eigenvalue weighted by molar-refractivity contribution is 0.0697. The van der Waals surface area contributed by atoms with Gasteiger partial charge in [0.05, 0.1) is 16.9 Å². The lowest BCUT2D eigenvalue weighted by Crippen LogP contribution is -2.06. The molecule has 1 rings (SSSR count). The van der Waals surface area contributed by atoms with Gasteiger partial charge in [-0.15, -0.1) is 0 Å². The highest BCUT2D eigenvalue weighted by atomic mass is 16.4. The van der Waals surface area contributed by atoms with Crippen molar-refractivity contribution in [1.82, 2.24) is 0 Å². The quantitative estimate of drug-likeness (QED) is 0.512. The third-order valence-electron chi connectivity index (χ3n) is 2.15. The molecule has 0 aromatic heterocycles. The monoisotopic (exact) mass is 208 g/mol. The normalized spacial score (nSPS) is 9.93. The first-order chi connectivity index (χ1) is 7.15. The second-order valence-corrected chi connectivity index (χ2v) is 3.39. The Morgan fingerprint density at radius 3 is 2.87 bits per heavy atom. The molecule has 4 nitrogen and oxygen atoms in total. The molecule has 0 saturated heterocycles. The maximum Gasteiger partial charge on any atom is 0.335 e. The number of aromatic carboxylic acids is 1. The SMILES string of the molecule is CCCCNc1cc(C(=O)O)ccc1N. The van der Waals surface area contributed by atoms with Crippen molar-refractivity contribution in [2.24, 2.45) is 0 Å². The lowest BCUT2D eigenvalue weighted by atomic mass is 10.1. The second kappa shape index (κ2) is 5.24. The van der Waals surface area contributed by atoms with Crippen LogP contribution in [0.1, 0.15) is 30.1 Å². The van der Waals surface area contributed by atoms with Crippen LogP contribution in [0.5, 0.6) is 0 Å². The predicted molar refractivity (Wildman–Crippen MR) is 61.2 cm³/mol. The zero-order valence-corrected chi connectivity index (χ0v) is 8.79. The van der Waals surface area contributed by atoms with Gasteiger partial charge in [-0.05, 0) is 24.6 Å². The molecule has 4 N–H and O–H groups in total. The number of unbranched alkanes of at least 4 members (excludes halogenated alkanes) is 1. The van der Waals surface area contributed by atoms with Gasteiger partial charge in [0.25, 0.3) is 0 Å². The summed E-state index contributed by atoms with van der Waals surface area (Å²) < 4.78 is 0. The fraction of sp³-hybridized carbons (Fsp3) is 0.364. The van der Waals surface area contributed by atoms with Gasteiger partial charge in [-0.3, -0.25) is 0 Å². The van der Waals surface area contributed by atoms with Crippen molar-refractivity contribution >= 4 is 17.3 Å². The summed E-state index contributed by atoms with van der Waals surface area (Å²) in [6, 6.07) is 4.67. The van der Waals surface area contributed by atoms with Gasteiger partial charge in [0.15, 0.2) is 0 Å². The summed E-state index contributed by atoms with van der Waals surface area (Å²) in [6.07, 6.45) is 2.13. The first-order valence-electron chi connectivity index (χ1n) is 5.02. The molecule has 0 unspecified atom stereocenters. The first-order valence-corrected chi connectivity index (χ1v) is 5.02. The molecule has 15 heavy (non-hydrogen) atoms. The number of anilines is 2. The van der Waals surface area contributed by atoms with Crippen molar-refractivity contribution in [1.29, 1.82) is 0 Å². The maximum atomic E-state index is 10.7. The van der Waals surface area contributed by atoms with Gasteiger partial charge in [0.1, 0.15) is 0 Å². The van der Waals surface area contributed by atoms with Crippen LogP contribution in [0.4, 0.5) is 11.4 Å². The Kier molecular flexibility index (Phi) is 3.97. The molecule has 0 aliphatic rings. The zero-order valence-electron chi connectivity index (χ0n) is 8.79. The Labute approximate surface area is 89.1 Å². The molecular weight excluding hydrogens is 192 g/mol. The van der Waals surface area contributed by atoms with Gasteiger partial charge in [0.2, 0.25) is 0 Å². The topological polar surface area (TPSA) is 75.3 Å². The van der Waals surface area contributed by atoms with Gasteiger partial charge in [-0.25, -0.2) is 4.79 Å². The van der Waals surface area contributed by atoms with E-state index in [1.807, 2.05) is 0 Å². The van der Waals surface area contributed by atoms with Crippen LogP contribution in [-0.4, -0.2) is 17.6 Å². The number of nitrogen functional groups attached to an aromatic ring is 1. The Morgan fingerprint density at radius 1 is 1.53 bits per heavy atom. The average molecular weight is 208 g/mol. The minimum atomic E-state index is -0.937. The highest BCUT2D eigenvalue weighted by Crippen LogP contribution is 2.19. The van der Waals surface area contributed by atoms with Crippen molar-refractivity contribution in [2.75, 3.05) is 17.6 Å². The Bertz CT molecular complexity index is 350. The minimum absolute atomic E-state index is 0.253. The van der Waals surface area contributed by atoms with Crippen molar-refractivity contribution in [3.8, 4) is 0 Å². The lowest BCUT2D eigenvalue weighted by Gasteiger charge is -2.09. The van der Waals surface area contributed by atoms with Crippen LogP contribution in [0, 0.1) is 0 Å². The van der Waals surface area contributed by atoms with Crippen molar-refractivity contribution in [2.45, 2.75) is 19.8 Å². The van der Waals surface area contributed by atoms with E-state index in [0.29, 0.717) is 11.4 Å². The zero-order chi connectivity index (χ0) is 11.3. The van der Waals surface area contributed by atoms with Crippen LogP contribution in [-0.2, 0) is 0 Å². The second-order valence-electron chi connectivity index (χ2n) is 3.39. The van der Waals surface area contributed by atoms with Gasteiger partial charge in [-0.2, -0.15) is 0 Å². The summed E-state index contributed by atoms with van der Waals surface area (Å²) in [4.78, 5) is 10.7. The Balaban J connectivity index is 2.76. The predicted octanol–water partition coefficient (Wildman–Crippen LogP) is 2.18. The molecule has 0 aliphatic carbocycles. The van der Waals surface area contributed by atoms with Crippen LogP contribution in [0.15, 0.2) is 18.2 Å². The minimum Gasteiger partial charge on any atom is -0.478 e.